The summed E-state index contributed by atoms with van der Waals surface area (Å²) in [5, 5.41) is 0. The largest absolute Gasteiger partial charge is 0.214 e. The molecule has 0 heterocycles. The van der Waals surface area contributed by atoms with Gasteiger partial charge in [0, 0.05) is 18.5 Å². The summed E-state index contributed by atoms with van der Waals surface area (Å²) in [5.41, 5.74) is 0. The fraction of sp³-hybridized carbons (Fsp3) is 1.00. The summed E-state index contributed by atoms with van der Waals surface area (Å²) in [6, 6.07) is 0.0210. The van der Waals surface area contributed by atoms with Gasteiger partial charge < -0.3 is 0 Å². The Balaban J connectivity index is 4.60. The first-order valence-corrected chi connectivity index (χ1v) is 7.51. The Morgan fingerprint density at radius 3 is 2.07 bits per heavy atom. The second kappa shape index (κ2) is 6.71. The van der Waals surface area contributed by atoms with Gasteiger partial charge in [0.05, 0.1) is 5.75 Å². The van der Waals surface area contributed by atoms with E-state index < -0.39 is 10.0 Å². The molecule has 0 aromatic carbocycles. The Kier molecular flexibility index (Phi) is 6.80. The second-order valence-corrected chi connectivity index (χ2v) is 6.83. The SMILES string of the molecule is CC(C)CN(C(C)C)S(=O)(=O)CCCCl. The number of hydrogen-bond donors (Lipinski definition) is 0. The van der Waals surface area contributed by atoms with Gasteiger partial charge in [0.2, 0.25) is 10.0 Å². The van der Waals surface area contributed by atoms with Crippen LogP contribution in [0.15, 0.2) is 0 Å². The summed E-state index contributed by atoms with van der Waals surface area (Å²) in [6.45, 7) is 8.43. The van der Waals surface area contributed by atoms with Gasteiger partial charge in [-0.25, -0.2) is 8.42 Å². The Hall–Kier alpha value is 0.200. The number of hydrogen-bond acceptors (Lipinski definition) is 2. The maximum atomic E-state index is 11.9. The van der Waals surface area contributed by atoms with Crippen molar-refractivity contribution in [2.75, 3.05) is 18.2 Å². The fourth-order valence-corrected chi connectivity index (χ4v) is 3.56. The zero-order chi connectivity index (χ0) is 12.1. The maximum Gasteiger partial charge on any atom is 0.214 e. The minimum atomic E-state index is -3.13. The number of nitrogens with zero attached hydrogens (tertiary/aromatic N) is 1. The van der Waals surface area contributed by atoms with Gasteiger partial charge in [-0.3, -0.25) is 0 Å². The molecule has 5 heteroatoms. The normalized spacial score (nSPS) is 13.1. The Morgan fingerprint density at radius 1 is 1.20 bits per heavy atom. The monoisotopic (exact) mass is 255 g/mol. The molecule has 0 amide bonds. The van der Waals surface area contributed by atoms with Crippen LogP contribution in [0.3, 0.4) is 0 Å². The van der Waals surface area contributed by atoms with E-state index >= 15 is 0 Å². The third kappa shape index (κ3) is 5.73. The Bertz CT molecular complexity index is 263. The molecule has 0 N–H and O–H groups in total. The number of halogens is 1. The molecular formula is C10H22ClNO2S. The van der Waals surface area contributed by atoms with E-state index in [-0.39, 0.29) is 11.8 Å². The average molecular weight is 256 g/mol. The molecule has 0 bridgehead atoms. The van der Waals surface area contributed by atoms with E-state index in [2.05, 4.69) is 0 Å². The first-order chi connectivity index (χ1) is 6.81. The third-order valence-corrected chi connectivity index (χ3v) is 4.37. The van der Waals surface area contributed by atoms with Crippen LogP contribution in [0.2, 0.25) is 0 Å². The number of sulfonamides is 1. The molecule has 0 aliphatic carbocycles. The third-order valence-electron chi connectivity index (χ3n) is 2.01. The molecule has 0 rings (SSSR count). The highest BCUT2D eigenvalue weighted by Gasteiger charge is 2.24. The molecule has 0 saturated carbocycles. The summed E-state index contributed by atoms with van der Waals surface area (Å²) in [4.78, 5) is 0. The summed E-state index contributed by atoms with van der Waals surface area (Å²) < 4.78 is 25.4. The van der Waals surface area contributed by atoms with E-state index in [1.807, 2.05) is 27.7 Å². The molecule has 0 atom stereocenters. The van der Waals surface area contributed by atoms with Crippen molar-refractivity contribution in [2.24, 2.45) is 5.92 Å². The molecule has 0 unspecified atom stereocenters. The topological polar surface area (TPSA) is 37.4 Å². The predicted octanol–water partition coefficient (Wildman–Crippen LogP) is 2.31. The lowest BCUT2D eigenvalue weighted by molar-refractivity contribution is 0.319. The number of alkyl halides is 1. The van der Waals surface area contributed by atoms with Gasteiger partial charge in [-0.15, -0.1) is 11.6 Å². The van der Waals surface area contributed by atoms with Gasteiger partial charge in [-0.1, -0.05) is 13.8 Å². The van der Waals surface area contributed by atoms with Gasteiger partial charge in [-0.05, 0) is 26.2 Å². The van der Waals surface area contributed by atoms with Gasteiger partial charge in [-0.2, -0.15) is 4.31 Å². The predicted molar refractivity (Wildman–Crippen MR) is 65.8 cm³/mol. The molecule has 0 aliphatic rings. The zero-order valence-electron chi connectivity index (χ0n) is 10.0. The van der Waals surface area contributed by atoms with E-state index in [9.17, 15) is 8.42 Å². The lowest BCUT2D eigenvalue weighted by Gasteiger charge is -2.27. The molecule has 0 saturated heterocycles. The summed E-state index contributed by atoms with van der Waals surface area (Å²) >= 11 is 5.51. The fourth-order valence-electron chi connectivity index (χ4n) is 1.36. The lowest BCUT2D eigenvalue weighted by atomic mass is 10.2. The zero-order valence-corrected chi connectivity index (χ0v) is 11.6. The molecule has 15 heavy (non-hydrogen) atoms. The van der Waals surface area contributed by atoms with Crippen LogP contribution >= 0.6 is 11.6 Å². The van der Waals surface area contributed by atoms with Crippen LogP contribution in [-0.2, 0) is 10.0 Å². The van der Waals surface area contributed by atoms with E-state index in [1.165, 1.54) is 0 Å². The lowest BCUT2D eigenvalue weighted by Crippen LogP contribution is -2.40. The molecule has 3 nitrogen and oxygen atoms in total. The van der Waals surface area contributed by atoms with Crippen molar-refractivity contribution in [3.63, 3.8) is 0 Å². The molecular weight excluding hydrogens is 234 g/mol. The van der Waals surface area contributed by atoms with Gasteiger partial charge in [0.15, 0.2) is 0 Å². The van der Waals surface area contributed by atoms with Crippen molar-refractivity contribution in [3.05, 3.63) is 0 Å². The molecule has 0 aliphatic heterocycles. The first-order valence-electron chi connectivity index (χ1n) is 5.36. The van der Waals surface area contributed by atoms with Crippen molar-refractivity contribution in [3.8, 4) is 0 Å². The van der Waals surface area contributed by atoms with Crippen molar-refractivity contribution >= 4 is 21.6 Å². The molecule has 0 aromatic rings. The Morgan fingerprint density at radius 2 is 1.73 bits per heavy atom. The van der Waals surface area contributed by atoms with Crippen molar-refractivity contribution in [1.29, 1.82) is 0 Å². The van der Waals surface area contributed by atoms with Gasteiger partial charge in [0.1, 0.15) is 0 Å². The summed E-state index contributed by atoms with van der Waals surface area (Å²) in [6.07, 6.45) is 0.519. The molecule has 0 radical (unpaired) electrons. The quantitative estimate of drug-likeness (QED) is 0.655. The van der Waals surface area contributed by atoms with Crippen LogP contribution in [0.4, 0.5) is 0 Å². The average Bonchev–Trinajstić information content (AvgIpc) is 2.10. The minimum absolute atomic E-state index is 0.0210. The van der Waals surface area contributed by atoms with Gasteiger partial charge in [0.25, 0.3) is 0 Å². The van der Waals surface area contributed by atoms with Crippen LogP contribution in [0.5, 0.6) is 0 Å². The van der Waals surface area contributed by atoms with Crippen LogP contribution in [-0.4, -0.2) is 36.9 Å². The van der Waals surface area contributed by atoms with E-state index in [0.717, 1.165) is 0 Å². The van der Waals surface area contributed by atoms with Crippen LogP contribution in [0, 0.1) is 5.92 Å². The highest BCUT2D eigenvalue weighted by Crippen LogP contribution is 2.12. The van der Waals surface area contributed by atoms with Crippen LogP contribution in [0.25, 0.3) is 0 Å². The van der Waals surface area contributed by atoms with Crippen LogP contribution < -0.4 is 0 Å². The highest BCUT2D eigenvalue weighted by atomic mass is 35.5. The van der Waals surface area contributed by atoms with Crippen molar-refractivity contribution in [2.45, 2.75) is 40.2 Å². The van der Waals surface area contributed by atoms with Crippen molar-refractivity contribution in [1.82, 2.24) is 4.31 Å². The minimum Gasteiger partial charge on any atom is -0.212 e. The second-order valence-electron chi connectivity index (χ2n) is 4.42. The van der Waals surface area contributed by atoms with E-state index in [4.69, 9.17) is 11.6 Å². The standard InChI is InChI=1S/C10H22ClNO2S/c1-9(2)8-12(10(3)4)15(13,14)7-5-6-11/h9-10H,5-8H2,1-4H3. The van der Waals surface area contributed by atoms with E-state index in [0.29, 0.717) is 24.8 Å². The summed E-state index contributed by atoms with van der Waals surface area (Å²) in [7, 11) is -3.13. The maximum absolute atomic E-state index is 11.9. The highest BCUT2D eigenvalue weighted by molar-refractivity contribution is 7.89. The van der Waals surface area contributed by atoms with Crippen LogP contribution in [0.1, 0.15) is 34.1 Å². The first kappa shape index (κ1) is 15.2. The molecule has 0 spiro atoms. The molecule has 92 valence electrons. The molecule has 0 fully saturated rings. The smallest absolute Gasteiger partial charge is 0.212 e. The van der Waals surface area contributed by atoms with E-state index in [1.54, 1.807) is 4.31 Å². The van der Waals surface area contributed by atoms with Gasteiger partial charge >= 0.3 is 0 Å². The number of rotatable bonds is 7. The summed E-state index contributed by atoms with van der Waals surface area (Å²) in [5.74, 6) is 0.895. The van der Waals surface area contributed by atoms with Crippen molar-refractivity contribution < 1.29 is 8.42 Å². The molecule has 0 aromatic heterocycles. The Labute approximate surface area is 98.8 Å².